The van der Waals surface area contributed by atoms with E-state index in [1.165, 1.54) is 0 Å². The van der Waals surface area contributed by atoms with Gasteiger partial charge in [0.15, 0.2) is 0 Å². The molecule has 3 rings (SSSR count). The Hall–Kier alpha value is -2.47. The maximum Gasteiger partial charge on any atom is 0.249 e. The molecule has 2 aliphatic rings. The number of nitrogens with one attached hydrogen (secondary N) is 2. The smallest absolute Gasteiger partial charge is 0.249 e. The number of rotatable bonds is 5. The highest BCUT2D eigenvalue weighted by Gasteiger charge is 2.32. The van der Waals surface area contributed by atoms with Gasteiger partial charge in [-0.05, 0) is 56.9 Å². The number of benzene rings is 1. The number of carbonyl (C=O) groups excluding carboxylic acids is 2. The lowest BCUT2D eigenvalue weighted by Gasteiger charge is -2.28. The molecule has 0 radical (unpaired) electrons. The third kappa shape index (κ3) is 4.02. The van der Waals surface area contributed by atoms with Crippen LogP contribution in [0.4, 0.5) is 5.69 Å². The van der Waals surface area contributed by atoms with Crippen molar-refractivity contribution in [2.24, 2.45) is 4.99 Å². The van der Waals surface area contributed by atoms with Gasteiger partial charge in [-0.1, -0.05) is 18.2 Å². The Bertz CT molecular complexity index is 741. The average Bonchev–Trinajstić information content (AvgIpc) is 2.80. The molecule has 26 heavy (non-hydrogen) atoms. The highest BCUT2D eigenvalue weighted by molar-refractivity contribution is 6.01. The number of hydrogen-bond donors (Lipinski definition) is 2. The van der Waals surface area contributed by atoms with Crippen molar-refractivity contribution >= 4 is 23.7 Å². The van der Waals surface area contributed by atoms with Gasteiger partial charge >= 0.3 is 0 Å². The first kappa shape index (κ1) is 18.3. The second-order valence-corrected chi connectivity index (χ2v) is 6.82. The predicted octanol–water partition coefficient (Wildman–Crippen LogP) is 1.81. The maximum absolute atomic E-state index is 13.3. The lowest BCUT2D eigenvalue weighted by molar-refractivity contribution is -0.128. The van der Waals surface area contributed by atoms with Crippen LogP contribution in [0.5, 0.6) is 0 Å². The molecule has 2 amide bonds. The van der Waals surface area contributed by atoms with Crippen LogP contribution in [0.15, 0.2) is 41.0 Å². The number of likely N-dealkylation sites (N-methyl/N-ethyl adjacent to an activating group) is 1. The Morgan fingerprint density at radius 2 is 2.15 bits per heavy atom. The SMILES string of the molecule is CNC(C)C(=O)NC1CCc2ccccc2N(CC2=CN=CCC2)C1=O. The van der Waals surface area contributed by atoms with Crippen LogP contribution in [0.1, 0.15) is 31.7 Å². The van der Waals surface area contributed by atoms with Crippen LogP contribution < -0.4 is 15.5 Å². The van der Waals surface area contributed by atoms with Crippen molar-refractivity contribution < 1.29 is 9.59 Å². The van der Waals surface area contributed by atoms with E-state index in [4.69, 9.17) is 0 Å². The van der Waals surface area contributed by atoms with Gasteiger partial charge in [-0.3, -0.25) is 14.6 Å². The summed E-state index contributed by atoms with van der Waals surface area (Å²) in [6, 6.07) is 7.14. The van der Waals surface area contributed by atoms with Crippen molar-refractivity contribution in [3.8, 4) is 0 Å². The van der Waals surface area contributed by atoms with E-state index in [9.17, 15) is 9.59 Å². The Labute approximate surface area is 154 Å². The Kier molecular flexibility index (Phi) is 5.83. The summed E-state index contributed by atoms with van der Waals surface area (Å²) < 4.78 is 0. The van der Waals surface area contributed by atoms with Gasteiger partial charge in [0.05, 0.1) is 6.04 Å². The van der Waals surface area contributed by atoms with Gasteiger partial charge in [-0.2, -0.15) is 0 Å². The molecule has 1 aromatic carbocycles. The number of aryl methyl sites for hydroxylation is 1. The number of anilines is 1. The Balaban J connectivity index is 1.86. The molecule has 1 aromatic rings. The van der Waals surface area contributed by atoms with E-state index < -0.39 is 6.04 Å². The molecule has 138 valence electrons. The van der Waals surface area contributed by atoms with Gasteiger partial charge in [-0.25, -0.2) is 0 Å². The van der Waals surface area contributed by atoms with E-state index in [1.54, 1.807) is 14.0 Å². The summed E-state index contributed by atoms with van der Waals surface area (Å²) in [5.41, 5.74) is 3.21. The molecule has 0 saturated carbocycles. The maximum atomic E-state index is 13.3. The molecule has 2 aliphatic heterocycles. The summed E-state index contributed by atoms with van der Waals surface area (Å²) in [7, 11) is 1.73. The summed E-state index contributed by atoms with van der Waals surface area (Å²) >= 11 is 0. The zero-order chi connectivity index (χ0) is 18.5. The van der Waals surface area contributed by atoms with Gasteiger partial charge in [0, 0.05) is 24.6 Å². The first-order chi connectivity index (χ1) is 12.6. The normalized spacial score (nSPS) is 20.8. The van der Waals surface area contributed by atoms with E-state index in [-0.39, 0.29) is 17.9 Å². The summed E-state index contributed by atoms with van der Waals surface area (Å²) in [6.07, 6.45) is 6.91. The minimum absolute atomic E-state index is 0.0537. The fourth-order valence-corrected chi connectivity index (χ4v) is 3.31. The van der Waals surface area contributed by atoms with Crippen LogP contribution in [0.2, 0.25) is 0 Å². The zero-order valence-electron chi connectivity index (χ0n) is 15.4. The first-order valence-corrected chi connectivity index (χ1v) is 9.16. The van der Waals surface area contributed by atoms with Gasteiger partial charge in [0.1, 0.15) is 6.04 Å². The van der Waals surface area contributed by atoms with E-state index in [1.807, 2.05) is 35.5 Å². The molecule has 6 nitrogen and oxygen atoms in total. The van der Waals surface area contributed by atoms with Crippen LogP contribution in [-0.4, -0.2) is 43.7 Å². The van der Waals surface area contributed by atoms with Crippen molar-refractivity contribution in [1.82, 2.24) is 10.6 Å². The second kappa shape index (κ2) is 8.27. The highest BCUT2D eigenvalue weighted by atomic mass is 16.2. The molecule has 2 atom stereocenters. The van der Waals surface area contributed by atoms with Gasteiger partial charge in [-0.15, -0.1) is 0 Å². The van der Waals surface area contributed by atoms with Crippen LogP contribution in [0.25, 0.3) is 0 Å². The summed E-state index contributed by atoms with van der Waals surface area (Å²) in [5.74, 6) is -0.208. The summed E-state index contributed by atoms with van der Waals surface area (Å²) in [6.45, 7) is 2.30. The molecular formula is C20H26N4O2. The van der Waals surface area contributed by atoms with Gasteiger partial charge < -0.3 is 15.5 Å². The standard InChI is InChI=1S/C20H26N4O2/c1-14(21-2)19(25)23-17-10-9-16-7-3-4-8-18(16)24(20(17)26)13-15-6-5-11-22-12-15/h3-4,7-8,11-12,14,17,21H,5-6,9-10,13H2,1-2H3,(H,23,25). The third-order valence-electron chi connectivity index (χ3n) is 5.01. The molecule has 0 fully saturated rings. The van der Waals surface area contributed by atoms with Crippen LogP contribution in [0.3, 0.4) is 0 Å². The topological polar surface area (TPSA) is 73.8 Å². The van der Waals surface area contributed by atoms with Gasteiger partial charge in [0.2, 0.25) is 11.8 Å². The zero-order valence-corrected chi connectivity index (χ0v) is 15.4. The quantitative estimate of drug-likeness (QED) is 0.847. The van der Waals surface area contributed by atoms with Crippen molar-refractivity contribution in [2.75, 3.05) is 18.5 Å². The number of nitrogens with zero attached hydrogens (tertiary/aromatic N) is 2. The molecule has 2 N–H and O–H groups in total. The molecule has 0 bridgehead atoms. The number of fused-ring (bicyclic) bond motifs is 1. The number of amides is 2. The summed E-state index contributed by atoms with van der Waals surface area (Å²) in [5, 5.41) is 5.84. The van der Waals surface area contributed by atoms with E-state index in [2.05, 4.69) is 21.7 Å². The fourth-order valence-electron chi connectivity index (χ4n) is 3.31. The second-order valence-electron chi connectivity index (χ2n) is 6.82. The Morgan fingerprint density at radius 3 is 2.88 bits per heavy atom. The summed E-state index contributed by atoms with van der Waals surface area (Å²) in [4.78, 5) is 31.6. The molecule has 6 heteroatoms. The van der Waals surface area contributed by atoms with Crippen LogP contribution in [-0.2, 0) is 16.0 Å². The molecule has 0 aromatic heterocycles. The van der Waals surface area contributed by atoms with Gasteiger partial charge in [0.25, 0.3) is 0 Å². The third-order valence-corrected chi connectivity index (χ3v) is 5.01. The monoisotopic (exact) mass is 354 g/mol. The van der Waals surface area contributed by atoms with Crippen molar-refractivity contribution in [1.29, 1.82) is 0 Å². The van der Waals surface area contributed by atoms with E-state index in [0.29, 0.717) is 13.0 Å². The molecule has 2 heterocycles. The Morgan fingerprint density at radius 1 is 1.35 bits per heavy atom. The predicted molar refractivity (Wildman–Crippen MR) is 103 cm³/mol. The van der Waals surface area contributed by atoms with Crippen molar-refractivity contribution in [2.45, 2.75) is 44.7 Å². The molecule has 2 unspecified atom stereocenters. The molecular weight excluding hydrogens is 328 g/mol. The van der Waals surface area contributed by atoms with Crippen LogP contribution in [0, 0.1) is 0 Å². The highest BCUT2D eigenvalue weighted by Crippen LogP contribution is 2.28. The van der Waals surface area contributed by atoms with Crippen LogP contribution >= 0.6 is 0 Å². The molecule has 0 spiro atoms. The number of para-hydroxylation sites is 1. The minimum Gasteiger partial charge on any atom is -0.343 e. The molecule has 0 aliphatic carbocycles. The van der Waals surface area contributed by atoms with Crippen molar-refractivity contribution in [3.05, 3.63) is 41.6 Å². The fraction of sp³-hybridized carbons (Fsp3) is 0.450. The largest absolute Gasteiger partial charge is 0.343 e. The number of aliphatic imine (C=N–C) groups is 1. The lowest BCUT2D eigenvalue weighted by atomic mass is 10.1. The van der Waals surface area contributed by atoms with E-state index >= 15 is 0 Å². The van der Waals surface area contributed by atoms with E-state index in [0.717, 1.165) is 36.1 Å². The number of hydrogen-bond acceptors (Lipinski definition) is 4. The lowest BCUT2D eigenvalue weighted by Crippen LogP contribution is -2.52. The minimum atomic E-state index is -0.515. The van der Waals surface area contributed by atoms with Crippen molar-refractivity contribution in [3.63, 3.8) is 0 Å². The first-order valence-electron chi connectivity index (χ1n) is 9.16. The number of carbonyl (C=O) groups is 2. The molecule has 0 saturated heterocycles. The average molecular weight is 354 g/mol.